The number of terminal acetylenes is 1. The maximum atomic E-state index is 12.4. The van der Waals surface area contributed by atoms with E-state index in [1.54, 1.807) is 0 Å². The first-order valence-electron chi connectivity index (χ1n) is 14.3. The molecule has 0 heterocycles. The molecule has 4 unspecified atom stereocenters. The Hall–Kier alpha value is -3.11. The maximum absolute atomic E-state index is 12.4. The molecule has 3 saturated carbocycles. The van der Waals surface area contributed by atoms with Gasteiger partial charge in [-0.25, -0.2) is 4.79 Å². The molecule has 3 N–H and O–H groups in total. The highest BCUT2D eigenvalue weighted by atomic mass is 16.6. The molecule has 1 aromatic rings. The number of carbonyl (C=O) groups is 2. The highest BCUT2D eigenvalue weighted by Crippen LogP contribution is 2.67. The number of rotatable bonds is 7. The van der Waals surface area contributed by atoms with Crippen LogP contribution in [0.1, 0.15) is 70.8 Å². The lowest BCUT2D eigenvalue weighted by molar-refractivity contribution is -0.142. The average molecular weight is 533 g/mol. The van der Waals surface area contributed by atoms with Crippen molar-refractivity contribution in [3.8, 4) is 12.3 Å². The zero-order valence-electron chi connectivity index (χ0n) is 23.0. The molecule has 7 nitrogen and oxygen atoms in total. The van der Waals surface area contributed by atoms with Crippen LogP contribution in [0.25, 0.3) is 0 Å². The Balaban J connectivity index is 1.20. The van der Waals surface area contributed by atoms with Crippen LogP contribution in [-0.4, -0.2) is 46.1 Å². The van der Waals surface area contributed by atoms with Crippen LogP contribution in [-0.2, 0) is 20.8 Å². The number of nitrogens with zero attached hydrogens (tertiary/aromatic N) is 1. The highest BCUT2D eigenvalue weighted by molar-refractivity contribution is 5.96. The number of carboxylic acid groups (broad SMARTS) is 1. The number of oxime groups is 1. The smallest absolute Gasteiger partial charge is 0.326 e. The molecule has 208 valence electrons. The number of carbonyl (C=O) groups excluding carboxylic acids is 1. The predicted molar refractivity (Wildman–Crippen MR) is 149 cm³/mol. The summed E-state index contributed by atoms with van der Waals surface area (Å²) in [6.07, 6.45) is 15.8. The second-order valence-corrected chi connectivity index (χ2v) is 12.5. The summed E-state index contributed by atoms with van der Waals surface area (Å²) in [5, 5.41) is 27.5. The van der Waals surface area contributed by atoms with Gasteiger partial charge in [-0.3, -0.25) is 4.79 Å². The second kappa shape index (κ2) is 10.5. The quantitative estimate of drug-likeness (QED) is 0.354. The third-order valence-electron chi connectivity index (χ3n) is 10.7. The summed E-state index contributed by atoms with van der Waals surface area (Å²) in [6, 6.07) is 8.17. The minimum atomic E-state index is -1.09. The lowest BCUT2D eigenvalue weighted by atomic mass is 9.46. The van der Waals surface area contributed by atoms with E-state index in [-0.39, 0.29) is 23.9 Å². The van der Waals surface area contributed by atoms with Crippen molar-refractivity contribution in [2.45, 2.75) is 83.3 Å². The van der Waals surface area contributed by atoms with Gasteiger partial charge in [-0.05, 0) is 86.2 Å². The van der Waals surface area contributed by atoms with E-state index in [0.717, 1.165) is 56.2 Å². The molecular weight excluding hydrogens is 492 g/mol. The number of nitrogens with one attached hydrogen (secondary N) is 1. The third-order valence-corrected chi connectivity index (χ3v) is 10.7. The molecule has 7 atom stereocenters. The van der Waals surface area contributed by atoms with E-state index < -0.39 is 23.5 Å². The standard InChI is InChI=1S/C32H40N2O5/c1-4-32(38)17-14-26-24-11-10-22-19-23(12-15-30(22,2)25(24)13-16-31(26,32)3)34-39-20-28(35)33-27(29(36)37)18-21-8-6-5-7-9-21/h1,5-9,19,24-27,38H,10-18,20H2,2-3H3,(H,33,35)(H,36,37)/t24?,25?,26?,27?,30-,31-,32+/m0/s1. The van der Waals surface area contributed by atoms with E-state index in [4.69, 9.17) is 11.3 Å². The van der Waals surface area contributed by atoms with Crippen LogP contribution in [0.2, 0.25) is 0 Å². The summed E-state index contributed by atoms with van der Waals surface area (Å²) >= 11 is 0. The van der Waals surface area contributed by atoms with E-state index >= 15 is 0 Å². The van der Waals surface area contributed by atoms with Crippen LogP contribution in [0, 0.1) is 40.9 Å². The third kappa shape index (κ3) is 4.89. The fraction of sp³-hybridized carbons (Fsp3) is 0.594. The number of aliphatic carboxylic acids is 1. The topological polar surface area (TPSA) is 108 Å². The van der Waals surface area contributed by atoms with Gasteiger partial charge in [0.15, 0.2) is 6.61 Å². The second-order valence-electron chi connectivity index (χ2n) is 12.5. The molecule has 39 heavy (non-hydrogen) atoms. The van der Waals surface area contributed by atoms with Crippen LogP contribution in [0.3, 0.4) is 0 Å². The molecule has 3 fully saturated rings. The minimum Gasteiger partial charge on any atom is -0.480 e. The zero-order valence-corrected chi connectivity index (χ0v) is 23.0. The largest absolute Gasteiger partial charge is 0.480 e. The van der Waals surface area contributed by atoms with E-state index in [1.807, 2.05) is 30.3 Å². The van der Waals surface area contributed by atoms with Crippen LogP contribution < -0.4 is 5.32 Å². The van der Waals surface area contributed by atoms with E-state index in [0.29, 0.717) is 24.2 Å². The molecule has 0 bridgehead atoms. The van der Waals surface area contributed by atoms with E-state index in [9.17, 15) is 19.8 Å². The Morgan fingerprint density at radius 3 is 2.59 bits per heavy atom. The first kappa shape index (κ1) is 27.5. The van der Waals surface area contributed by atoms with Crippen molar-refractivity contribution in [3.05, 3.63) is 47.5 Å². The summed E-state index contributed by atoms with van der Waals surface area (Å²) in [6.45, 7) is 4.28. The van der Waals surface area contributed by atoms with Gasteiger partial charge in [0.1, 0.15) is 11.6 Å². The first-order chi connectivity index (χ1) is 18.6. The van der Waals surface area contributed by atoms with Crippen LogP contribution in [0.4, 0.5) is 0 Å². The van der Waals surface area contributed by atoms with E-state index in [1.165, 1.54) is 5.57 Å². The van der Waals surface area contributed by atoms with Crippen LogP contribution in [0.15, 0.2) is 47.1 Å². The summed E-state index contributed by atoms with van der Waals surface area (Å²) < 4.78 is 0. The van der Waals surface area contributed by atoms with Gasteiger partial charge >= 0.3 is 5.97 Å². The molecule has 0 saturated heterocycles. The number of benzene rings is 1. The number of hydrogen-bond donors (Lipinski definition) is 3. The van der Waals surface area contributed by atoms with Crippen molar-refractivity contribution in [2.75, 3.05) is 6.61 Å². The molecule has 1 aromatic carbocycles. The van der Waals surface area contributed by atoms with Gasteiger partial charge < -0.3 is 20.4 Å². The van der Waals surface area contributed by atoms with Crippen molar-refractivity contribution in [1.82, 2.24) is 5.32 Å². The Morgan fingerprint density at radius 2 is 1.87 bits per heavy atom. The van der Waals surface area contributed by atoms with Gasteiger partial charge in [0.2, 0.25) is 0 Å². The first-order valence-corrected chi connectivity index (χ1v) is 14.3. The van der Waals surface area contributed by atoms with Gasteiger partial charge in [0.05, 0.1) is 5.71 Å². The molecule has 0 aliphatic heterocycles. The Bertz CT molecular complexity index is 1220. The van der Waals surface area contributed by atoms with Crippen molar-refractivity contribution >= 4 is 17.6 Å². The van der Waals surface area contributed by atoms with Gasteiger partial charge in [0.25, 0.3) is 5.91 Å². The number of fused-ring (bicyclic) bond motifs is 5. The lowest BCUT2D eigenvalue weighted by Crippen LogP contribution is -2.54. The summed E-state index contributed by atoms with van der Waals surface area (Å²) in [5.74, 6) is 2.77. The van der Waals surface area contributed by atoms with Gasteiger partial charge in [-0.2, -0.15) is 0 Å². The van der Waals surface area contributed by atoms with Crippen molar-refractivity contribution in [3.63, 3.8) is 0 Å². The number of hydrogen-bond acceptors (Lipinski definition) is 5. The van der Waals surface area contributed by atoms with Crippen LogP contribution in [0.5, 0.6) is 0 Å². The lowest BCUT2D eigenvalue weighted by Gasteiger charge is -2.58. The molecule has 0 radical (unpaired) electrons. The van der Waals surface area contributed by atoms with E-state index in [2.05, 4.69) is 36.3 Å². The molecule has 7 heteroatoms. The molecule has 0 spiro atoms. The monoisotopic (exact) mass is 532 g/mol. The average Bonchev–Trinajstić information content (AvgIpc) is 3.20. The van der Waals surface area contributed by atoms with Crippen molar-refractivity contribution in [2.24, 2.45) is 33.7 Å². The Kier molecular flexibility index (Phi) is 7.37. The Morgan fingerprint density at radius 1 is 1.13 bits per heavy atom. The highest BCUT2D eigenvalue weighted by Gasteiger charge is 2.63. The van der Waals surface area contributed by atoms with Crippen LogP contribution >= 0.6 is 0 Å². The van der Waals surface area contributed by atoms with Gasteiger partial charge in [0, 0.05) is 11.8 Å². The fourth-order valence-electron chi connectivity index (χ4n) is 8.36. The predicted octanol–water partition coefficient (Wildman–Crippen LogP) is 4.50. The summed E-state index contributed by atoms with van der Waals surface area (Å²) in [5.41, 5.74) is 1.99. The SMILES string of the molecule is C#C[C@@]1(O)CCC2C3CCC4=CC(=NOCC(=O)NC(Cc5ccccc5)C(=O)O)CC[C@]4(C)C3CC[C@@]21C. The van der Waals surface area contributed by atoms with Crippen molar-refractivity contribution < 1.29 is 24.6 Å². The van der Waals surface area contributed by atoms with Gasteiger partial charge in [-0.1, -0.05) is 60.8 Å². The molecule has 5 rings (SSSR count). The number of aliphatic hydroxyl groups is 1. The van der Waals surface area contributed by atoms with Gasteiger partial charge in [-0.15, -0.1) is 6.42 Å². The molecule has 0 aromatic heterocycles. The molecule has 1 amide bonds. The number of amides is 1. The molecular formula is C32H40N2O5. The normalized spacial score (nSPS) is 36.9. The maximum Gasteiger partial charge on any atom is 0.326 e. The number of carboxylic acids is 1. The van der Waals surface area contributed by atoms with Crippen molar-refractivity contribution in [1.29, 1.82) is 0 Å². The molecule has 4 aliphatic carbocycles. The fourth-order valence-corrected chi connectivity index (χ4v) is 8.36. The Labute approximate surface area is 231 Å². The molecule has 4 aliphatic rings. The summed E-state index contributed by atoms with van der Waals surface area (Å²) in [7, 11) is 0. The summed E-state index contributed by atoms with van der Waals surface area (Å²) in [4.78, 5) is 29.4. The number of allylic oxidation sites excluding steroid dienone is 2. The minimum absolute atomic E-state index is 0.101. The zero-order chi connectivity index (χ0) is 27.8.